The van der Waals surface area contributed by atoms with Gasteiger partial charge in [0.25, 0.3) is 11.5 Å². The quantitative estimate of drug-likeness (QED) is 0.366. The van der Waals surface area contributed by atoms with Crippen LogP contribution in [0.3, 0.4) is 0 Å². The number of hydrogen-bond donors (Lipinski definition) is 0. The van der Waals surface area contributed by atoms with E-state index in [4.69, 9.17) is 14.2 Å². The second kappa shape index (κ2) is 10.6. The van der Waals surface area contributed by atoms with Crippen LogP contribution in [0.5, 0.6) is 17.2 Å². The standard InChI is InChI=1S/C26H27N5O5S/c1-34-20-13-18(14-21(35-2)23(20)36-3)25(33)30-11-9-29(10-12-30)16-19-15-22(32)31-26(27-19)37-24(28-31)17-7-5-4-6-8-17/h4-8,13-15H,9-12,16H2,1-3H3. The van der Waals surface area contributed by atoms with Crippen LogP contribution in [0.1, 0.15) is 16.1 Å². The Bertz CT molecular complexity index is 1450. The molecule has 2 aromatic heterocycles. The first-order valence-corrected chi connectivity index (χ1v) is 12.6. The zero-order valence-electron chi connectivity index (χ0n) is 20.8. The van der Waals surface area contributed by atoms with Crippen LogP contribution >= 0.6 is 11.3 Å². The second-order valence-corrected chi connectivity index (χ2v) is 9.49. The molecule has 1 amide bonds. The van der Waals surface area contributed by atoms with E-state index in [1.165, 1.54) is 43.2 Å². The van der Waals surface area contributed by atoms with Crippen molar-refractivity contribution in [1.29, 1.82) is 0 Å². The van der Waals surface area contributed by atoms with Crippen LogP contribution in [-0.4, -0.2) is 77.8 Å². The molecule has 1 saturated heterocycles. The number of methoxy groups -OCH3 is 3. The highest BCUT2D eigenvalue weighted by Gasteiger charge is 2.25. The number of amides is 1. The summed E-state index contributed by atoms with van der Waals surface area (Å²) in [7, 11) is 4.58. The number of aromatic nitrogens is 3. The summed E-state index contributed by atoms with van der Waals surface area (Å²) < 4.78 is 17.5. The Labute approximate surface area is 217 Å². The van der Waals surface area contributed by atoms with Crippen LogP contribution in [0.2, 0.25) is 0 Å². The molecular weight excluding hydrogens is 494 g/mol. The Morgan fingerprint density at radius 1 is 0.946 bits per heavy atom. The van der Waals surface area contributed by atoms with Gasteiger partial charge in [-0.3, -0.25) is 14.5 Å². The first kappa shape index (κ1) is 24.7. The number of nitrogens with zero attached hydrogens (tertiary/aromatic N) is 5. The minimum Gasteiger partial charge on any atom is -0.493 e. The van der Waals surface area contributed by atoms with Crippen molar-refractivity contribution in [3.05, 3.63) is 70.1 Å². The highest BCUT2D eigenvalue weighted by Crippen LogP contribution is 2.38. The van der Waals surface area contributed by atoms with Crippen LogP contribution in [0.15, 0.2) is 53.3 Å². The van der Waals surface area contributed by atoms with Crippen LogP contribution in [0.25, 0.3) is 15.5 Å². The van der Waals surface area contributed by atoms with Gasteiger partial charge in [-0.2, -0.15) is 9.61 Å². The Kier molecular flexibility index (Phi) is 7.06. The number of rotatable bonds is 7. The molecule has 0 radical (unpaired) electrons. The van der Waals surface area contributed by atoms with Crippen molar-refractivity contribution < 1.29 is 19.0 Å². The van der Waals surface area contributed by atoms with Gasteiger partial charge in [-0.1, -0.05) is 41.7 Å². The maximum atomic E-state index is 13.2. The lowest BCUT2D eigenvalue weighted by Crippen LogP contribution is -2.48. The largest absolute Gasteiger partial charge is 0.493 e. The molecule has 0 spiro atoms. The van der Waals surface area contributed by atoms with E-state index in [2.05, 4.69) is 15.0 Å². The lowest BCUT2D eigenvalue weighted by atomic mass is 10.1. The van der Waals surface area contributed by atoms with E-state index in [1.807, 2.05) is 30.3 Å². The average molecular weight is 522 g/mol. The summed E-state index contributed by atoms with van der Waals surface area (Å²) in [5.74, 6) is 1.23. The molecule has 0 saturated carbocycles. The van der Waals surface area contributed by atoms with Gasteiger partial charge >= 0.3 is 0 Å². The average Bonchev–Trinajstić information content (AvgIpc) is 3.37. The van der Waals surface area contributed by atoms with Crippen molar-refractivity contribution >= 4 is 22.2 Å². The van der Waals surface area contributed by atoms with Gasteiger partial charge in [0.2, 0.25) is 10.7 Å². The predicted molar refractivity (Wildman–Crippen MR) is 140 cm³/mol. The normalized spacial score (nSPS) is 14.1. The molecule has 2 aromatic carbocycles. The van der Waals surface area contributed by atoms with Crippen LogP contribution in [-0.2, 0) is 6.54 Å². The Balaban J connectivity index is 1.27. The molecule has 3 heterocycles. The number of ether oxygens (including phenoxy) is 3. The third kappa shape index (κ3) is 5.00. The summed E-state index contributed by atoms with van der Waals surface area (Å²) in [6.07, 6.45) is 0. The van der Waals surface area contributed by atoms with E-state index in [0.29, 0.717) is 66.2 Å². The third-order valence-corrected chi connectivity index (χ3v) is 7.23. The second-order valence-electron chi connectivity index (χ2n) is 8.54. The molecule has 5 rings (SSSR count). The molecule has 37 heavy (non-hydrogen) atoms. The van der Waals surface area contributed by atoms with E-state index in [1.54, 1.807) is 17.0 Å². The topological polar surface area (TPSA) is 98.5 Å². The van der Waals surface area contributed by atoms with E-state index in [-0.39, 0.29) is 11.5 Å². The molecule has 0 unspecified atom stereocenters. The minimum absolute atomic E-state index is 0.102. The summed E-state index contributed by atoms with van der Waals surface area (Å²) in [5.41, 5.74) is 1.92. The van der Waals surface area contributed by atoms with Gasteiger partial charge in [-0.05, 0) is 12.1 Å². The molecule has 192 valence electrons. The molecule has 1 fully saturated rings. The lowest BCUT2D eigenvalue weighted by molar-refractivity contribution is 0.0626. The van der Waals surface area contributed by atoms with Gasteiger partial charge in [0.15, 0.2) is 11.5 Å². The van der Waals surface area contributed by atoms with E-state index >= 15 is 0 Å². The molecule has 10 nitrogen and oxygen atoms in total. The van der Waals surface area contributed by atoms with Gasteiger partial charge in [-0.15, -0.1) is 0 Å². The van der Waals surface area contributed by atoms with Gasteiger partial charge in [0.1, 0.15) is 5.01 Å². The Hall–Kier alpha value is -3.96. The van der Waals surface area contributed by atoms with Crippen LogP contribution in [0.4, 0.5) is 0 Å². The number of hydrogen-bond acceptors (Lipinski definition) is 9. The molecule has 1 aliphatic rings. The van der Waals surface area contributed by atoms with Crippen LogP contribution in [0, 0.1) is 0 Å². The van der Waals surface area contributed by atoms with E-state index in [0.717, 1.165) is 10.6 Å². The zero-order chi connectivity index (χ0) is 25.9. The molecule has 0 aliphatic carbocycles. The maximum absolute atomic E-state index is 13.2. The number of benzene rings is 2. The minimum atomic E-state index is -0.199. The summed E-state index contributed by atoms with van der Waals surface area (Å²) in [5, 5.41) is 5.19. The predicted octanol–water partition coefficient (Wildman–Crippen LogP) is 2.80. The summed E-state index contributed by atoms with van der Waals surface area (Å²) in [6.45, 7) is 2.95. The maximum Gasteiger partial charge on any atom is 0.275 e. The van der Waals surface area contributed by atoms with Crippen molar-refractivity contribution in [3.63, 3.8) is 0 Å². The van der Waals surface area contributed by atoms with Gasteiger partial charge in [-0.25, -0.2) is 4.98 Å². The van der Waals surface area contributed by atoms with Crippen molar-refractivity contribution in [1.82, 2.24) is 24.4 Å². The van der Waals surface area contributed by atoms with Crippen LogP contribution < -0.4 is 19.8 Å². The fraction of sp³-hybridized carbons (Fsp3) is 0.308. The molecule has 11 heteroatoms. The smallest absolute Gasteiger partial charge is 0.275 e. The first-order chi connectivity index (χ1) is 18.0. The molecule has 0 atom stereocenters. The van der Waals surface area contributed by atoms with E-state index < -0.39 is 0 Å². The van der Waals surface area contributed by atoms with Crippen molar-refractivity contribution in [2.75, 3.05) is 47.5 Å². The number of carbonyl (C=O) groups excluding carboxylic acids is 1. The molecule has 1 aliphatic heterocycles. The van der Waals surface area contributed by atoms with Crippen molar-refractivity contribution in [2.24, 2.45) is 0 Å². The Morgan fingerprint density at radius 3 is 2.24 bits per heavy atom. The number of carbonyl (C=O) groups is 1. The molecule has 0 N–H and O–H groups in total. The number of fused-ring (bicyclic) bond motifs is 1. The zero-order valence-corrected chi connectivity index (χ0v) is 21.7. The van der Waals surface area contributed by atoms with Crippen molar-refractivity contribution in [2.45, 2.75) is 6.54 Å². The molecular formula is C26H27N5O5S. The highest BCUT2D eigenvalue weighted by atomic mass is 32.1. The monoisotopic (exact) mass is 521 g/mol. The molecule has 4 aromatic rings. The summed E-state index contributed by atoms with van der Waals surface area (Å²) in [4.78, 5) is 35.2. The third-order valence-electron chi connectivity index (χ3n) is 6.28. The van der Waals surface area contributed by atoms with E-state index in [9.17, 15) is 9.59 Å². The highest BCUT2D eigenvalue weighted by molar-refractivity contribution is 7.19. The summed E-state index contributed by atoms with van der Waals surface area (Å²) >= 11 is 1.39. The lowest BCUT2D eigenvalue weighted by Gasteiger charge is -2.34. The van der Waals surface area contributed by atoms with Gasteiger partial charge in [0.05, 0.1) is 27.0 Å². The Morgan fingerprint density at radius 2 is 1.62 bits per heavy atom. The first-order valence-electron chi connectivity index (χ1n) is 11.8. The fourth-order valence-corrected chi connectivity index (χ4v) is 5.29. The van der Waals surface area contributed by atoms with Gasteiger partial charge < -0.3 is 19.1 Å². The molecule has 0 bridgehead atoms. The fourth-order valence-electron chi connectivity index (χ4n) is 4.36. The SMILES string of the molecule is COc1cc(C(=O)N2CCN(Cc3cc(=O)n4nc(-c5ccccc5)sc4n3)CC2)cc(OC)c1OC. The number of piperazine rings is 1. The summed E-state index contributed by atoms with van der Waals surface area (Å²) in [6, 6.07) is 14.6. The van der Waals surface area contributed by atoms with Gasteiger partial charge in [0, 0.05) is 49.9 Å². The van der Waals surface area contributed by atoms with Crippen molar-refractivity contribution in [3.8, 4) is 27.8 Å².